The van der Waals surface area contributed by atoms with Gasteiger partial charge in [-0.25, -0.2) is 0 Å². The molecule has 0 saturated heterocycles. The lowest BCUT2D eigenvalue weighted by atomic mass is 9.86. The van der Waals surface area contributed by atoms with Gasteiger partial charge in [-0.05, 0) is 31.7 Å². The van der Waals surface area contributed by atoms with Crippen molar-refractivity contribution in [1.82, 2.24) is 0 Å². The van der Waals surface area contributed by atoms with Gasteiger partial charge in [0.15, 0.2) is 0 Å². The lowest BCUT2D eigenvalue weighted by Gasteiger charge is -2.22. The number of rotatable bonds is 10. The number of aryl methyl sites for hydroxylation is 1. The summed E-state index contributed by atoms with van der Waals surface area (Å²) >= 11 is 8.19. The number of aliphatic hydroxyl groups is 2. The molecule has 1 aliphatic rings. The highest BCUT2D eigenvalue weighted by atomic mass is 35.5. The number of allylic oxidation sites excluding steroid dienone is 2. The molecule has 1 aromatic carbocycles. The van der Waals surface area contributed by atoms with Crippen LogP contribution in [-0.2, 0) is 11.2 Å². The number of unbranched alkanes of at least 4 members (excludes halogenated alkanes) is 2. The van der Waals surface area contributed by atoms with Crippen molar-refractivity contribution < 1.29 is 15.0 Å². The van der Waals surface area contributed by atoms with E-state index in [0.29, 0.717) is 19.3 Å². The molecule has 1 saturated carbocycles. The number of carbonyl (C=O) groups is 1. The Balaban J connectivity index is 1.64. The van der Waals surface area contributed by atoms with E-state index >= 15 is 0 Å². The summed E-state index contributed by atoms with van der Waals surface area (Å²) in [5, 5.41) is 23.2. The minimum Gasteiger partial charge on any atom is -0.391 e. The number of benzene rings is 1. The molecule has 174 valence electrons. The summed E-state index contributed by atoms with van der Waals surface area (Å²) in [4.78, 5) is 14.0. The molecule has 0 bridgehead atoms. The molecule has 32 heavy (non-hydrogen) atoms. The lowest BCUT2D eigenvalue weighted by molar-refractivity contribution is -0.129. The Bertz CT molecular complexity index is 974. The van der Waals surface area contributed by atoms with Crippen LogP contribution in [0.15, 0.2) is 48.6 Å². The van der Waals surface area contributed by atoms with E-state index in [4.69, 9.17) is 11.6 Å². The summed E-state index contributed by atoms with van der Waals surface area (Å²) in [6, 6.07) is 8.06. The molecule has 1 unspecified atom stereocenters. The third-order valence-corrected chi connectivity index (χ3v) is 8.42. The second-order valence-electron chi connectivity index (χ2n) is 9.39. The first kappa shape index (κ1) is 25.2. The number of thiophene rings is 1. The monoisotopic (exact) mass is 474 g/mol. The minimum atomic E-state index is -0.771. The van der Waals surface area contributed by atoms with Crippen molar-refractivity contribution in [2.45, 2.75) is 71.5 Å². The summed E-state index contributed by atoms with van der Waals surface area (Å²) in [6.45, 7) is 5.80. The smallest absolute Gasteiger partial charge is 0.145 e. The van der Waals surface area contributed by atoms with Crippen molar-refractivity contribution in [2.75, 3.05) is 0 Å². The van der Waals surface area contributed by atoms with Crippen LogP contribution >= 0.6 is 22.9 Å². The van der Waals surface area contributed by atoms with Crippen LogP contribution in [0.1, 0.15) is 57.8 Å². The second kappa shape index (κ2) is 11.1. The second-order valence-corrected chi connectivity index (χ2v) is 10.9. The Hall–Kier alpha value is -1.46. The molecule has 2 N–H and O–H groups in total. The van der Waals surface area contributed by atoms with Crippen LogP contribution in [0.5, 0.6) is 0 Å². The van der Waals surface area contributed by atoms with E-state index in [1.807, 2.05) is 38.1 Å². The van der Waals surface area contributed by atoms with Gasteiger partial charge in [0.2, 0.25) is 0 Å². The number of carbonyl (C=O) groups excluding carboxylic acids is 1. The topological polar surface area (TPSA) is 57.5 Å². The van der Waals surface area contributed by atoms with Gasteiger partial charge < -0.3 is 10.2 Å². The Morgan fingerprint density at radius 1 is 1.25 bits per heavy atom. The van der Waals surface area contributed by atoms with Crippen molar-refractivity contribution in [1.29, 1.82) is 0 Å². The maximum Gasteiger partial charge on any atom is 0.145 e. The number of halogens is 1. The van der Waals surface area contributed by atoms with Crippen molar-refractivity contribution in [2.24, 2.45) is 17.3 Å². The maximum atomic E-state index is 12.9. The fourth-order valence-electron chi connectivity index (χ4n) is 4.54. The van der Waals surface area contributed by atoms with E-state index in [2.05, 4.69) is 25.1 Å². The quantitative estimate of drug-likeness (QED) is 0.296. The predicted octanol–water partition coefficient (Wildman–Crippen LogP) is 6.74. The van der Waals surface area contributed by atoms with Gasteiger partial charge in [0.25, 0.3) is 0 Å². The zero-order valence-electron chi connectivity index (χ0n) is 19.3. The summed E-state index contributed by atoms with van der Waals surface area (Å²) in [7, 11) is 0. The van der Waals surface area contributed by atoms with Gasteiger partial charge in [-0.2, -0.15) is 0 Å². The SMILES string of the molecule is CCCC/C=C\C[C@H]1C(=O)C(C)(C)[C@@H](O)[C@@H]1/C=C/C(O)CCc1sc2ccccc2c1Cl. The molecule has 4 atom stereocenters. The zero-order valence-corrected chi connectivity index (χ0v) is 20.8. The van der Waals surface area contributed by atoms with Crippen molar-refractivity contribution >= 4 is 38.8 Å². The Morgan fingerprint density at radius 2 is 2.00 bits per heavy atom. The van der Waals surface area contributed by atoms with Crippen LogP contribution in [0.3, 0.4) is 0 Å². The molecule has 1 heterocycles. The maximum absolute atomic E-state index is 12.9. The molecule has 3 nitrogen and oxygen atoms in total. The Kier molecular flexibility index (Phi) is 8.74. The average molecular weight is 475 g/mol. The number of Topliss-reactive ketones (excluding diaryl/α,β-unsaturated/α-hetero) is 1. The molecule has 2 aromatic rings. The predicted molar refractivity (Wildman–Crippen MR) is 135 cm³/mol. The first-order valence-corrected chi connectivity index (χ1v) is 12.9. The van der Waals surface area contributed by atoms with Gasteiger partial charge in [0.05, 0.1) is 22.6 Å². The molecule has 0 radical (unpaired) electrons. The molecule has 0 amide bonds. The van der Waals surface area contributed by atoms with Crippen LogP contribution in [-0.4, -0.2) is 28.2 Å². The molecule has 1 aromatic heterocycles. The summed E-state index contributed by atoms with van der Waals surface area (Å²) in [6.07, 6.45) is 11.6. The number of fused-ring (bicyclic) bond motifs is 1. The normalized spacial score (nSPS) is 24.3. The van der Waals surface area contributed by atoms with Crippen LogP contribution in [0.2, 0.25) is 5.02 Å². The van der Waals surface area contributed by atoms with Gasteiger partial charge in [0, 0.05) is 26.8 Å². The average Bonchev–Trinajstić information content (AvgIpc) is 3.18. The fraction of sp³-hybridized carbons (Fsp3) is 0.519. The van der Waals surface area contributed by atoms with Crippen LogP contribution < -0.4 is 0 Å². The van der Waals surface area contributed by atoms with Gasteiger partial charge in [0.1, 0.15) is 5.78 Å². The van der Waals surface area contributed by atoms with Gasteiger partial charge in [-0.15, -0.1) is 11.3 Å². The number of ketones is 1. The molecule has 1 aliphatic carbocycles. The van der Waals surface area contributed by atoms with Crippen LogP contribution in [0.4, 0.5) is 0 Å². The van der Waals surface area contributed by atoms with E-state index < -0.39 is 17.6 Å². The lowest BCUT2D eigenvalue weighted by Crippen LogP contribution is -2.31. The number of hydrogen-bond donors (Lipinski definition) is 2. The molecule has 5 heteroatoms. The summed E-state index contributed by atoms with van der Waals surface area (Å²) in [5.41, 5.74) is -0.771. The summed E-state index contributed by atoms with van der Waals surface area (Å²) < 4.78 is 1.15. The molecule has 0 aliphatic heterocycles. The Morgan fingerprint density at radius 3 is 2.72 bits per heavy atom. The van der Waals surface area contributed by atoms with Crippen molar-refractivity contribution in [3.05, 3.63) is 58.5 Å². The highest BCUT2D eigenvalue weighted by molar-refractivity contribution is 7.19. The third-order valence-electron chi connectivity index (χ3n) is 6.65. The van der Waals surface area contributed by atoms with Crippen molar-refractivity contribution in [3.8, 4) is 0 Å². The largest absolute Gasteiger partial charge is 0.391 e. The highest BCUT2D eigenvalue weighted by Crippen LogP contribution is 2.45. The van der Waals surface area contributed by atoms with E-state index in [0.717, 1.165) is 39.2 Å². The molecular formula is C27H35ClO3S. The summed E-state index contributed by atoms with van der Waals surface area (Å²) in [5.74, 6) is -0.430. The van der Waals surface area contributed by atoms with E-state index in [-0.39, 0.29) is 17.6 Å². The first-order chi connectivity index (χ1) is 15.3. The van der Waals surface area contributed by atoms with E-state index in [9.17, 15) is 15.0 Å². The molecule has 0 spiro atoms. The van der Waals surface area contributed by atoms with Gasteiger partial charge in [-0.1, -0.05) is 87.7 Å². The number of hydrogen-bond acceptors (Lipinski definition) is 4. The first-order valence-electron chi connectivity index (χ1n) is 11.7. The zero-order chi connectivity index (χ0) is 23.3. The molecule has 1 fully saturated rings. The van der Waals surface area contributed by atoms with Crippen LogP contribution in [0, 0.1) is 17.3 Å². The number of aliphatic hydroxyl groups excluding tert-OH is 2. The van der Waals surface area contributed by atoms with E-state index in [1.54, 1.807) is 17.4 Å². The highest BCUT2D eigenvalue weighted by Gasteiger charge is 2.52. The third kappa shape index (κ3) is 5.53. The molecule has 3 rings (SSSR count). The fourth-order valence-corrected chi connectivity index (χ4v) is 6.09. The van der Waals surface area contributed by atoms with Crippen molar-refractivity contribution in [3.63, 3.8) is 0 Å². The Labute approximate surface area is 200 Å². The van der Waals surface area contributed by atoms with Gasteiger partial charge >= 0.3 is 0 Å². The van der Waals surface area contributed by atoms with Crippen LogP contribution in [0.25, 0.3) is 10.1 Å². The minimum absolute atomic E-state index is 0.103. The van der Waals surface area contributed by atoms with E-state index in [1.165, 1.54) is 0 Å². The standard InChI is InChI=1S/C27H35ClO3S/c1-4-5-6-7-8-11-19-20(26(31)27(2,3)25(19)30)16-14-18(29)15-17-23-24(28)21-12-9-10-13-22(21)32-23/h7-10,12-14,16,18-20,26,29,31H,4-6,11,15,17H2,1-3H3/b8-7-,16-14+/t18?,19-,20-,26+/m1/s1. The molecular weight excluding hydrogens is 440 g/mol. The van der Waals surface area contributed by atoms with Gasteiger partial charge in [-0.3, -0.25) is 4.79 Å².